The van der Waals surface area contributed by atoms with E-state index in [-0.39, 0.29) is 31.7 Å². The lowest BCUT2D eigenvalue weighted by Crippen LogP contribution is -2.62. The summed E-state index contributed by atoms with van der Waals surface area (Å²) >= 11 is 0. The Morgan fingerprint density at radius 1 is 0.975 bits per heavy atom. The molecule has 8 nitrogen and oxygen atoms in total. The van der Waals surface area contributed by atoms with Gasteiger partial charge in [-0.3, -0.25) is 9.59 Å². The molecule has 210 valence electrons. The molecule has 12 heteroatoms. The number of halogens is 4. The molecule has 1 aliphatic rings. The van der Waals surface area contributed by atoms with Crippen LogP contribution in [0.1, 0.15) is 21.5 Å². The molecule has 0 bridgehead atoms. The van der Waals surface area contributed by atoms with Gasteiger partial charge in [0.2, 0.25) is 5.91 Å². The smallest absolute Gasteiger partial charge is 0.416 e. The topological polar surface area (TPSA) is 91.0 Å². The summed E-state index contributed by atoms with van der Waals surface area (Å²) in [6.45, 7) is -0.234. The van der Waals surface area contributed by atoms with Crippen molar-refractivity contribution in [1.82, 2.24) is 15.1 Å². The monoisotopic (exact) mass is 558 g/mol. The Labute approximate surface area is 227 Å². The molecule has 40 heavy (non-hydrogen) atoms. The molecule has 0 aromatic heterocycles. The van der Waals surface area contributed by atoms with Crippen molar-refractivity contribution >= 4 is 23.5 Å². The first kappa shape index (κ1) is 28.4. The van der Waals surface area contributed by atoms with E-state index in [4.69, 9.17) is 4.74 Å². The second-order valence-electron chi connectivity index (χ2n) is 9.05. The fourth-order valence-corrected chi connectivity index (χ4v) is 4.25. The van der Waals surface area contributed by atoms with Gasteiger partial charge in [0.15, 0.2) is 0 Å². The maximum atomic E-state index is 13.4. The average molecular weight is 559 g/mol. The number of urea groups is 1. The highest BCUT2D eigenvalue weighted by molar-refractivity contribution is 5.98. The van der Waals surface area contributed by atoms with Crippen LogP contribution in [0, 0.1) is 5.82 Å². The molecule has 1 heterocycles. The molecule has 1 unspecified atom stereocenters. The SMILES string of the molecule is COc1cccc(CNC(=O)C2CN(C(=O)Nc3ccc(F)cc3)CCN2C(=O)c2cccc(C(F)(F)F)c2)c1. The number of anilines is 1. The Hall–Kier alpha value is -4.61. The summed E-state index contributed by atoms with van der Waals surface area (Å²) in [6, 6.07) is 14.2. The molecule has 4 rings (SSSR count). The number of nitrogens with zero attached hydrogens (tertiary/aromatic N) is 2. The van der Waals surface area contributed by atoms with Gasteiger partial charge in [0, 0.05) is 30.9 Å². The zero-order chi connectivity index (χ0) is 28.9. The van der Waals surface area contributed by atoms with E-state index in [1.54, 1.807) is 24.3 Å². The van der Waals surface area contributed by atoms with Crippen molar-refractivity contribution in [2.75, 3.05) is 32.1 Å². The average Bonchev–Trinajstić information content (AvgIpc) is 2.96. The number of rotatable bonds is 6. The molecular formula is C28H26F4N4O4. The summed E-state index contributed by atoms with van der Waals surface area (Å²) in [5.74, 6) is -1.27. The van der Waals surface area contributed by atoms with Gasteiger partial charge < -0.3 is 25.2 Å². The number of methoxy groups -OCH3 is 1. The van der Waals surface area contributed by atoms with Crippen LogP contribution in [0.25, 0.3) is 0 Å². The minimum absolute atomic E-state index is 0.0113. The van der Waals surface area contributed by atoms with Crippen molar-refractivity contribution in [1.29, 1.82) is 0 Å². The molecule has 2 N–H and O–H groups in total. The number of nitrogens with one attached hydrogen (secondary N) is 2. The van der Waals surface area contributed by atoms with Crippen LogP contribution in [-0.2, 0) is 17.5 Å². The molecule has 4 amide bonds. The second kappa shape index (κ2) is 12.1. The molecule has 1 atom stereocenters. The van der Waals surface area contributed by atoms with E-state index in [2.05, 4.69) is 10.6 Å². The number of alkyl halides is 3. The van der Waals surface area contributed by atoms with Gasteiger partial charge >= 0.3 is 12.2 Å². The minimum Gasteiger partial charge on any atom is -0.497 e. The maximum absolute atomic E-state index is 13.4. The largest absolute Gasteiger partial charge is 0.497 e. The Kier molecular flexibility index (Phi) is 8.56. The van der Waals surface area contributed by atoms with E-state index >= 15 is 0 Å². The molecule has 1 aliphatic heterocycles. The van der Waals surface area contributed by atoms with Crippen molar-refractivity contribution in [3.05, 3.63) is 95.3 Å². The van der Waals surface area contributed by atoms with E-state index in [0.29, 0.717) is 17.0 Å². The Bertz CT molecular complexity index is 1380. The van der Waals surface area contributed by atoms with Crippen LogP contribution in [0.5, 0.6) is 5.75 Å². The first-order valence-electron chi connectivity index (χ1n) is 12.3. The van der Waals surface area contributed by atoms with Gasteiger partial charge in [-0.05, 0) is 60.2 Å². The number of benzene rings is 3. The molecule has 1 fully saturated rings. The van der Waals surface area contributed by atoms with Crippen LogP contribution in [0.15, 0.2) is 72.8 Å². The highest BCUT2D eigenvalue weighted by Gasteiger charge is 2.38. The van der Waals surface area contributed by atoms with E-state index in [1.165, 1.54) is 42.3 Å². The van der Waals surface area contributed by atoms with Gasteiger partial charge in [-0.15, -0.1) is 0 Å². The van der Waals surface area contributed by atoms with Crippen LogP contribution in [-0.4, -0.2) is 60.4 Å². The lowest BCUT2D eigenvalue weighted by molar-refractivity contribution is -0.137. The van der Waals surface area contributed by atoms with Crippen LogP contribution in [0.3, 0.4) is 0 Å². The number of ether oxygens (including phenoxy) is 1. The second-order valence-corrected chi connectivity index (χ2v) is 9.05. The molecule has 0 radical (unpaired) electrons. The Morgan fingerprint density at radius 3 is 2.40 bits per heavy atom. The lowest BCUT2D eigenvalue weighted by Gasteiger charge is -2.40. The van der Waals surface area contributed by atoms with Crippen LogP contribution < -0.4 is 15.4 Å². The first-order chi connectivity index (χ1) is 19.0. The van der Waals surface area contributed by atoms with Gasteiger partial charge in [-0.1, -0.05) is 18.2 Å². The summed E-state index contributed by atoms with van der Waals surface area (Å²) in [5, 5.41) is 5.35. The van der Waals surface area contributed by atoms with E-state index in [9.17, 15) is 31.9 Å². The van der Waals surface area contributed by atoms with Crippen molar-refractivity contribution in [3.8, 4) is 5.75 Å². The number of carbonyl (C=O) groups excluding carboxylic acids is 3. The predicted molar refractivity (Wildman–Crippen MR) is 138 cm³/mol. The summed E-state index contributed by atoms with van der Waals surface area (Å²) < 4.78 is 58.2. The third kappa shape index (κ3) is 6.87. The third-order valence-electron chi connectivity index (χ3n) is 6.36. The Morgan fingerprint density at radius 2 is 1.70 bits per heavy atom. The van der Waals surface area contributed by atoms with Crippen molar-refractivity contribution in [3.63, 3.8) is 0 Å². The molecular weight excluding hydrogens is 532 g/mol. The fourth-order valence-electron chi connectivity index (χ4n) is 4.25. The molecule has 0 saturated carbocycles. The number of hydrogen-bond donors (Lipinski definition) is 2. The van der Waals surface area contributed by atoms with Crippen molar-refractivity contribution in [2.45, 2.75) is 18.8 Å². The van der Waals surface area contributed by atoms with Gasteiger partial charge in [0.25, 0.3) is 5.91 Å². The van der Waals surface area contributed by atoms with Gasteiger partial charge in [0.1, 0.15) is 17.6 Å². The standard InChI is InChI=1S/C28H26F4N4O4/c1-40-23-7-2-4-18(14-23)16-33-25(37)24-17-35(27(39)34-22-10-8-21(29)9-11-22)12-13-36(24)26(38)19-5-3-6-20(15-19)28(30,31)32/h2-11,14-15,24H,12-13,16-17H2,1H3,(H,33,37)(H,34,39). The van der Waals surface area contributed by atoms with Crippen molar-refractivity contribution < 1.29 is 36.7 Å². The maximum Gasteiger partial charge on any atom is 0.416 e. The lowest BCUT2D eigenvalue weighted by atomic mass is 10.1. The van der Waals surface area contributed by atoms with Gasteiger partial charge in [0.05, 0.1) is 19.2 Å². The van der Waals surface area contributed by atoms with Gasteiger partial charge in [-0.25, -0.2) is 9.18 Å². The van der Waals surface area contributed by atoms with Crippen molar-refractivity contribution in [2.24, 2.45) is 0 Å². The quantitative estimate of drug-likeness (QED) is 0.435. The van der Waals surface area contributed by atoms with Gasteiger partial charge in [-0.2, -0.15) is 13.2 Å². The third-order valence-corrected chi connectivity index (χ3v) is 6.36. The fraction of sp³-hybridized carbons (Fsp3) is 0.250. The first-order valence-corrected chi connectivity index (χ1v) is 12.3. The molecule has 1 saturated heterocycles. The normalized spacial score (nSPS) is 15.4. The predicted octanol–water partition coefficient (Wildman–Crippen LogP) is 4.53. The summed E-state index contributed by atoms with van der Waals surface area (Å²) in [4.78, 5) is 42.1. The summed E-state index contributed by atoms with van der Waals surface area (Å²) in [6.07, 6.45) is -4.65. The molecule has 3 aromatic rings. The summed E-state index contributed by atoms with van der Waals surface area (Å²) in [7, 11) is 1.50. The number of amides is 4. The zero-order valence-electron chi connectivity index (χ0n) is 21.4. The molecule has 3 aromatic carbocycles. The molecule has 0 aliphatic carbocycles. The van der Waals surface area contributed by atoms with E-state index in [1.807, 2.05) is 0 Å². The number of carbonyl (C=O) groups is 3. The molecule has 0 spiro atoms. The van der Waals surface area contributed by atoms with Crippen LogP contribution in [0.4, 0.5) is 28.0 Å². The summed E-state index contributed by atoms with van der Waals surface area (Å²) in [5.41, 5.74) is -0.183. The Balaban J connectivity index is 1.55. The highest BCUT2D eigenvalue weighted by Crippen LogP contribution is 2.30. The van der Waals surface area contributed by atoms with Crippen LogP contribution in [0.2, 0.25) is 0 Å². The minimum atomic E-state index is -4.65. The number of hydrogen-bond acceptors (Lipinski definition) is 4. The van der Waals surface area contributed by atoms with E-state index in [0.717, 1.165) is 23.1 Å². The van der Waals surface area contributed by atoms with Crippen LogP contribution >= 0.6 is 0 Å². The zero-order valence-corrected chi connectivity index (χ0v) is 21.4. The highest BCUT2D eigenvalue weighted by atomic mass is 19.4. The van der Waals surface area contributed by atoms with E-state index < -0.39 is 41.4 Å². The number of piperazine rings is 1.